The second-order valence-corrected chi connectivity index (χ2v) is 14.2. The van der Waals surface area contributed by atoms with E-state index in [4.69, 9.17) is 0 Å². The predicted molar refractivity (Wildman–Crippen MR) is 210 cm³/mol. The van der Waals surface area contributed by atoms with Gasteiger partial charge in [-0.15, -0.1) is 11.3 Å². The standard InChI is InChI=1S/C46H26N2S/c1-2-13-27(14-3-1)47-36-22-9-7-18-34(36)42-44(47)41-33-17-6-10-23-37(33)48(45(41)43-35-19-8-11-24-39(35)49-46(42)43)38-26-25-31-29-16-5-4-15-28(29)30-20-12-21-32(38)40(30)31/h1-26H. The topological polar surface area (TPSA) is 9.86 Å². The monoisotopic (exact) mass is 638 g/mol. The number of fused-ring (bicyclic) bond motifs is 15. The zero-order valence-electron chi connectivity index (χ0n) is 26.3. The molecule has 226 valence electrons. The van der Waals surface area contributed by atoms with Gasteiger partial charge in [0.05, 0.1) is 27.8 Å². The molecule has 12 rings (SSSR count). The maximum absolute atomic E-state index is 2.59. The molecule has 3 aromatic heterocycles. The van der Waals surface area contributed by atoms with Crippen molar-refractivity contribution in [3.05, 3.63) is 158 Å². The normalized spacial score (nSPS) is 12.5. The van der Waals surface area contributed by atoms with Gasteiger partial charge < -0.3 is 9.13 Å². The number of thiophene rings is 1. The number of nitrogens with zero attached hydrogens (tertiary/aromatic N) is 2. The fourth-order valence-electron chi connectivity index (χ4n) is 8.96. The van der Waals surface area contributed by atoms with Crippen LogP contribution in [0.2, 0.25) is 0 Å². The zero-order valence-corrected chi connectivity index (χ0v) is 27.1. The van der Waals surface area contributed by atoms with E-state index in [9.17, 15) is 0 Å². The van der Waals surface area contributed by atoms with Gasteiger partial charge in [0.2, 0.25) is 0 Å². The summed E-state index contributed by atoms with van der Waals surface area (Å²) in [6, 6.07) is 58.3. The Morgan fingerprint density at radius 3 is 1.69 bits per heavy atom. The van der Waals surface area contributed by atoms with E-state index in [2.05, 4.69) is 167 Å². The maximum atomic E-state index is 2.59. The molecule has 1 aliphatic carbocycles. The molecule has 0 saturated carbocycles. The average molecular weight is 639 g/mol. The lowest BCUT2D eigenvalue weighted by molar-refractivity contribution is 1.18. The molecule has 8 aromatic carbocycles. The van der Waals surface area contributed by atoms with E-state index < -0.39 is 0 Å². The van der Waals surface area contributed by atoms with E-state index in [1.807, 2.05) is 11.3 Å². The van der Waals surface area contributed by atoms with Crippen LogP contribution in [0.5, 0.6) is 0 Å². The smallest absolute Gasteiger partial charge is 0.0656 e. The third-order valence-electron chi connectivity index (χ3n) is 10.8. The van der Waals surface area contributed by atoms with Gasteiger partial charge in [0.1, 0.15) is 0 Å². The summed E-state index contributed by atoms with van der Waals surface area (Å²) in [7, 11) is 0. The lowest BCUT2D eigenvalue weighted by Gasteiger charge is -2.15. The predicted octanol–water partition coefficient (Wildman–Crippen LogP) is 13.0. The van der Waals surface area contributed by atoms with Crippen molar-refractivity contribution in [2.24, 2.45) is 0 Å². The van der Waals surface area contributed by atoms with Crippen LogP contribution in [-0.4, -0.2) is 9.13 Å². The van der Waals surface area contributed by atoms with Crippen LogP contribution in [0.15, 0.2) is 158 Å². The average Bonchev–Trinajstić information content (AvgIpc) is 3.90. The minimum atomic E-state index is 1.18. The van der Waals surface area contributed by atoms with Gasteiger partial charge in [-0.05, 0) is 64.0 Å². The number of hydrogen-bond donors (Lipinski definition) is 0. The van der Waals surface area contributed by atoms with Crippen LogP contribution in [0, 0.1) is 0 Å². The Morgan fingerprint density at radius 2 is 0.898 bits per heavy atom. The zero-order chi connectivity index (χ0) is 31.8. The van der Waals surface area contributed by atoms with Crippen molar-refractivity contribution in [3.8, 4) is 33.6 Å². The Labute approximate surface area is 285 Å². The quantitative estimate of drug-likeness (QED) is 0.178. The number of para-hydroxylation sites is 3. The molecule has 1 aliphatic rings. The largest absolute Gasteiger partial charge is 0.308 e. The minimum Gasteiger partial charge on any atom is -0.308 e. The molecule has 0 N–H and O–H groups in total. The summed E-state index contributed by atoms with van der Waals surface area (Å²) < 4.78 is 7.76. The molecule has 0 bridgehead atoms. The van der Waals surface area contributed by atoms with Gasteiger partial charge in [-0.3, -0.25) is 0 Å². The van der Waals surface area contributed by atoms with Crippen molar-refractivity contribution in [2.75, 3.05) is 0 Å². The lowest BCUT2D eigenvalue weighted by Crippen LogP contribution is -1.97. The first-order valence-corrected chi connectivity index (χ1v) is 17.7. The molecule has 11 aromatic rings. The second-order valence-electron chi connectivity index (χ2n) is 13.2. The Kier molecular flexibility index (Phi) is 4.89. The summed E-state index contributed by atoms with van der Waals surface area (Å²) >= 11 is 1.93. The van der Waals surface area contributed by atoms with Crippen LogP contribution < -0.4 is 0 Å². The Bertz CT molecular complexity index is 3180. The summed E-state index contributed by atoms with van der Waals surface area (Å²) in [5.74, 6) is 0. The van der Waals surface area contributed by atoms with Crippen LogP contribution in [0.3, 0.4) is 0 Å². The van der Waals surface area contributed by atoms with Crippen LogP contribution in [-0.2, 0) is 0 Å². The molecule has 0 radical (unpaired) electrons. The fourth-order valence-corrected chi connectivity index (χ4v) is 10.2. The molecule has 49 heavy (non-hydrogen) atoms. The first-order chi connectivity index (χ1) is 24.4. The minimum absolute atomic E-state index is 1.18. The Hall–Kier alpha value is -6.16. The SMILES string of the molecule is c1ccc(-n2c3ccccc3c3c4sc5ccccc5c4c4c(c5ccccc5n4-c4ccc5c6c(cccc46)-c4ccccc4-5)c32)cc1. The summed E-state index contributed by atoms with van der Waals surface area (Å²) in [5.41, 5.74) is 12.7. The van der Waals surface area contributed by atoms with E-state index in [1.165, 1.54) is 108 Å². The van der Waals surface area contributed by atoms with Crippen molar-refractivity contribution in [1.82, 2.24) is 9.13 Å². The first-order valence-electron chi connectivity index (χ1n) is 16.9. The van der Waals surface area contributed by atoms with Gasteiger partial charge in [-0.25, -0.2) is 0 Å². The summed E-state index contributed by atoms with van der Waals surface area (Å²) in [5, 5.41) is 10.5. The van der Waals surface area contributed by atoms with Crippen molar-refractivity contribution >= 4 is 85.9 Å². The molecular formula is C46H26N2S. The molecule has 0 atom stereocenters. The van der Waals surface area contributed by atoms with Gasteiger partial charge in [0.15, 0.2) is 0 Å². The van der Waals surface area contributed by atoms with Gasteiger partial charge in [0.25, 0.3) is 0 Å². The molecular weight excluding hydrogens is 613 g/mol. The number of hydrogen-bond acceptors (Lipinski definition) is 1. The molecule has 0 amide bonds. The molecule has 0 unspecified atom stereocenters. The van der Waals surface area contributed by atoms with Gasteiger partial charge in [-0.1, -0.05) is 121 Å². The maximum Gasteiger partial charge on any atom is 0.0656 e. The number of aromatic nitrogens is 2. The molecule has 3 heteroatoms. The van der Waals surface area contributed by atoms with Gasteiger partial charge in [0, 0.05) is 52.8 Å². The van der Waals surface area contributed by atoms with E-state index in [-0.39, 0.29) is 0 Å². The highest BCUT2D eigenvalue weighted by atomic mass is 32.1. The van der Waals surface area contributed by atoms with E-state index in [0.717, 1.165) is 0 Å². The molecule has 3 heterocycles. The van der Waals surface area contributed by atoms with Gasteiger partial charge in [-0.2, -0.15) is 0 Å². The molecule has 0 saturated heterocycles. The van der Waals surface area contributed by atoms with Crippen LogP contribution in [0.1, 0.15) is 0 Å². The Morgan fingerprint density at radius 1 is 0.347 bits per heavy atom. The third kappa shape index (κ3) is 3.17. The van der Waals surface area contributed by atoms with Crippen LogP contribution in [0.4, 0.5) is 0 Å². The van der Waals surface area contributed by atoms with Gasteiger partial charge >= 0.3 is 0 Å². The number of rotatable bonds is 2. The van der Waals surface area contributed by atoms with E-state index in [0.29, 0.717) is 0 Å². The van der Waals surface area contributed by atoms with E-state index in [1.54, 1.807) is 0 Å². The van der Waals surface area contributed by atoms with Crippen molar-refractivity contribution in [3.63, 3.8) is 0 Å². The van der Waals surface area contributed by atoms with Crippen LogP contribution >= 0.6 is 11.3 Å². The molecule has 0 spiro atoms. The van der Waals surface area contributed by atoms with Crippen molar-refractivity contribution in [1.29, 1.82) is 0 Å². The van der Waals surface area contributed by atoms with Crippen molar-refractivity contribution < 1.29 is 0 Å². The fraction of sp³-hybridized carbons (Fsp3) is 0. The highest BCUT2D eigenvalue weighted by molar-refractivity contribution is 7.27. The van der Waals surface area contributed by atoms with Crippen molar-refractivity contribution in [2.45, 2.75) is 0 Å². The molecule has 0 fully saturated rings. The summed E-state index contributed by atoms with van der Waals surface area (Å²) in [6.07, 6.45) is 0. The first kappa shape index (κ1) is 25.9. The lowest BCUT2D eigenvalue weighted by atomic mass is 10.0. The highest BCUT2D eigenvalue weighted by Gasteiger charge is 2.28. The molecule has 0 aliphatic heterocycles. The summed E-state index contributed by atoms with van der Waals surface area (Å²) in [6.45, 7) is 0. The highest BCUT2D eigenvalue weighted by Crippen LogP contribution is 2.53. The summed E-state index contributed by atoms with van der Waals surface area (Å²) in [4.78, 5) is 0. The Balaban J connectivity index is 1.38. The third-order valence-corrected chi connectivity index (χ3v) is 12.0. The van der Waals surface area contributed by atoms with E-state index >= 15 is 0 Å². The second kappa shape index (κ2) is 9.25. The molecule has 2 nitrogen and oxygen atoms in total. The van der Waals surface area contributed by atoms with Crippen LogP contribution in [0.25, 0.3) is 108 Å². The number of benzene rings is 8.